The smallest absolute Gasteiger partial charge is 0.238 e. The van der Waals surface area contributed by atoms with Gasteiger partial charge in [0, 0.05) is 19.6 Å². The van der Waals surface area contributed by atoms with Gasteiger partial charge in [0.05, 0.1) is 22.5 Å². The van der Waals surface area contributed by atoms with E-state index < -0.39 is 10.0 Å². The normalized spacial score (nSPS) is 22.2. The largest absolute Gasteiger partial charge is 0.327 e. The van der Waals surface area contributed by atoms with E-state index in [2.05, 4.69) is 30.2 Å². The molecule has 0 aliphatic carbocycles. The van der Waals surface area contributed by atoms with E-state index in [9.17, 15) is 8.42 Å². The van der Waals surface area contributed by atoms with Crippen LogP contribution in [0.3, 0.4) is 0 Å². The number of unbranched alkanes of at least 4 members (excludes halogenated alkanes) is 1. The Morgan fingerprint density at radius 1 is 1.23 bits per heavy atom. The van der Waals surface area contributed by atoms with Crippen molar-refractivity contribution in [2.45, 2.75) is 58.0 Å². The summed E-state index contributed by atoms with van der Waals surface area (Å²) in [6.07, 6.45) is 3.45. The Morgan fingerprint density at radius 3 is 2.54 bits per heavy atom. The average Bonchev–Trinajstić information content (AvgIpc) is 2.87. The highest BCUT2D eigenvalue weighted by atomic mass is 32.2. The van der Waals surface area contributed by atoms with Gasteiger partial charge in [0.15, 0.2) is 0 Å². The Kier molecular flexibility index (Phi) is 5.69. The van der Waals surface area contributed by atoms with Gasteiger partial charge in [-0.25, -0.2) is 18.5 Å². The SMILES string of the molecule is CCCCn1c(CN2C[C@H](C)C[C@@H](C)C2)nc2cc(S(N)(=O)=O)ccc21. The molecular weight excluding hydrogens is 348 g/mol. The minimum absolute atomic E-state index is 0.122. The number of fused-ring (bicyclic) bond motifs is 1. The van der Waals surface area contributed by atoms with Crippen molar-refractivity contribution in [3.63, 3.8) is 0 Å². The van der Waals surface area contributed by atoms with Crippen molar-refractivity contribution in [2.75, 3.05) is 13.1 Å². The Balaban J connectivity index is 1.96. The van der Waals surface area contributed by atoms with Crippen LogP contribution in [0.4, 0.5) is 0 Å². The third-order valence-electron chi connectivity index (χ3n) is 5.17. The zero-order valence-corrected chi connectivity index (χ0v) is 16.8. The van der Waals surface area contributed by atoms with Crippen LogP contribution in [0.5, 0.6) is 0 Å². The molecule has 0 bridgehead atoms. The predicted octanol–water partition coefficient (Wildman–Crippen LogP) is 2.96. The highest BCUT2D eigenvalue weighted by Crippen LogP contribution is 2.25. The topological polar surface area (TPSA) is 81.2 Å². The zero-order valence-electron chi connectivity index (χ0n) is 16.0. The van der Waals surface area contributed by atoms with Crippen LogP contribution in [0.25, 0.3) is 11.0 Å². The molecule has 2 aromatic rings. The molecule has 0 unspecified atom stereocenters. The molecule has 1 aliphatic heterocycles. The van der Waals surface area contributed by atoms with Crippen LogP contribution in [0.1, 0.15) is 45.9 Å². The van der Waals surface area contributed by atoms with Crippen LogP contribution in [0.15, 0.2) is 23.1 Å². The quantitative estimate of drug-likeness (QED) is 0.838. The van der Waals surface area contributed by atoms with E-state index in [-0.39, 0.29) is 4.90 Å². The van der Waals surface area contributed by atoms with Gasteiger partial charge in [0.25, 0.3) is 0 Å². The molecular formula is C19H30N4O2S. The number of imidazole rings is 1. The molecule has 1 aromatic heterocycles. The first-order chi connectivity index (χ1) is 12.3. The van der Waals surface area contributed by atoms with Gasteiger partial charge in [-0.05, 0) is 42.9 Å². The van der Waals surface area contributed by atoms with Crippen molar-refractivity contribution in [1.29, 1.82) is 0 Å². The maximum Gasteiger partial charge on any atom is 0.238 e. The molecule has 0 radical (unpaired) electrons. The maximum absolute atomic E-state index is 11.7. The number of primary sulfonamides is 1. The van der Waals surface area contributed by atoms with Gasteiger partial charge in [0.1, 0.15) is 5.82 Å². The molecule has 1 aliphatic rings. The third kappa shape index (κ3) is 4.27. The van der Waals surface area contributed by atoms with E-state index in [4.69, 9.17) is 10.1 Å². The van der Waals surface area contributed by atoms with E-state index in [0.29, 0.717) is 17.4 Å². The molecule has 0 amide bonds. The van der Waals surface area contributed by atoms with Crippen LogP contribution >= 0.6 is 0 Å². The Hall–Kier alpha value is -1.44. The lowest BCUT2D eigenvalue weighted by atomic mass is 9.92. The molecule has 1 fully saturated rings. The summed E-state index contributed by atoms with van der Waals surface area (Å²) in [5.74, 6) is 2.41. The fraction of sp³-hybridized carbons (Fsp3) is 0.632. The van der Waals surface area contributed by atoms with Gasteiger partial charge in [-0.1, -0.05) is 27.2 Å². The lowest BCUT2D eigenvalue weighted by molar-refractivity contribution is 0.130. The van der Waals surface area contributed by atoms with Crippen molar-refractivity contribution in [2.24, 2.45) is 17.0 Å². The highest BCUT2D eigenvalue weighted by Gasteiger charge is 2.24. The van der Waals surface area contributed by atoms with Crippen LogP contribution in [-0.4, -0.2) is 36.0 Å². The van der Waals surface area contributed by atoms with Gasteiger partial charge in [-0.15, -0.1) is 0 Å². The van der Waals surface area contributed by atoms with E-state index in [1.165, 1.54) is 6.42 Å². The van der Waals surface area contributed by atoms with Gasteiger partial charge in [-0.2, -0.15) is 0 Å². The molecule has 2 N–H and O–H groups in total. The second-order valence-electron chi connectivity index (χ2n) is 7.87. The maximum atomic E-state index is 11.7. The first kappa shape index (κ1) is 19.3. The standard InChI is InChI=1S/C19H30N4O2S/c1-4-5-8-23-18-7-6-16(26(20,24)25)10-17(18)21-19(23)13-22-11-14(2)9-15(3)12-22/h6-7,10,14-15H,4-5,8-9,11-13H2,1-3H3,(H2,20,24,25)/t14-,15-/m1/s1. The van der Waals surface area contributed by atoms with Crippen molar-refractivity contribution >= 4 is 21.1 Å². The molecule has 2 atom stereocenters. The highest BCUT2D eigenvalue weighted by molar-refractivity contribution is 7.89. The molecule has 1 aromatic carbocycles. The van der Waals surface area contributed by atoms with E-state index in [1.54, 1.807) is 12.1 Å². The van der Waals surface area contributed by atoms with Crippen molar-refractivity contribution in [1.82, 2.24) is 14.5 Å². The minimum Gasteiger partial charge on any atom is -0.327 e. The van der Waals surface area contributed by atoms with E-state index >= 15 is 0 Å². The molecule has 26 heavy (non-hydrogen) atoms. The number of sulfonamides is 1. The summed E-state index contributed by atoms with van der Waals surface area (Å²) in [6, 6.07) is 5.01. The second-order valence-corrected chi connectivity index (χ2v) is 9.43. The molecule has 7 heteroatoms. The number of benzene rings is 1. The van der Waals surface area contributed by atoms with E-state index in [0.717, 1.165) is 50.4 Å². The number of likely N-dealkylation sites (tertiary alicyclic amines) is 1. The van der Waals surface area contributed by atoms with Crippen LogP contribution < -0.4 is 5.14 Å². The van der Waals surface area contributed by atoms with Crippen molar-refractivity contribution < 1.29 is 8.42 Å². The number of hydrogen-bond donors (Lipinski definition) is 1. The van der Waals surface area contributed by atoms with Crippen molar-refractivity contribution in [3.8, 4) is 0 Å². The summed E-state index contributed by atoms with van der Waals surface area (Å²) >= 11 is 0. The first-order valence-corrected chi connectivity index (χ1v) is 11.1. The summed E-state index contributed by atoms with van der Waals surface area (Å²) in [5, 5.41) is 5.28. The molecule has 2 heterocycles. The van der Waals surface area contributed by atoms with Crippen LogP contribution in [-0.2, 0) is 23.1 Å². The number of piperidine rings is 1. The monoisotopic (exact) mass is 378 g/mol. The second kappa shape index (κ2) is 7.66. The fourth-order valence-corrected chi connectivity index (χ4v) is 4.68. The summed E-state index contributed by atoms with van der Waals surface area (Å²) < 4.78 is 25.6. The Bertz CT molecular complexity index is 865. The number of hydrogen-bond acceptors (Lipinski definition) is 4. The molecule has 3 rings (SSSR count). The summed E-state index contributed by atoms with van der Waals surface area (Å²) in [4.78, 5) is 7.38. The average molecular weight is 379 g/mol. The lowest BCUT2D eigenvalue weighted by Crippen LogP contribution is -2.38. The number of aromatic nitrogens is 2. The third-order valence-corrected chi connectivity index (χ3v) is 6.08. The first-order valence-electron chi connectivity index (χ1n) is 9.52. The van der Waals surface area contributed by atoms with Gasteiger partial charge in [0.2, 0.25) is 10.0 Å². The molecule has 0 saturated carbocycles. The zero-order chi connectivity index (χ0) is 18.9. The Labute approximate surface area is 156 Å². The predicted molar refractivity (Wildman–Crippen MR) is 104 cm³/mol. The Morgan fingerprint density at radius 2 is 1.92 bits per heavy atom. The van der Waals surface area contributed by atoms with Gasteiger partial charge in [-0.3, -0.25) is 4.90 Å². The molecule has 0 spiro atoms. The summed E-state index contributed by atoms with van der Waals surface area (Å²) in [7, 11) is -3.72. The van der Waals surface area contributed by atoms with Crippen LogP contribution in [0.2, 0.25) is 0 Å². The van der Waals surface area contributed by atoms with Crippen LogP contribution in [0, 0.1) is 11.8 Å². The van der Waals surface area contributed by atoms with Crippen molar-refractivity contribution in [3.05, 3.63) is 24.0 Å². The lowest BCUT2D eigenvalue weighted by Gasteiger charge is -2.34. The molecule has 144 valence electrons. The minimum atomic E-state index is -3.72. The van der Waals surface area contributed by atoms with Gasteiger partial charge < -0.3 is 4.57 Å². The number of rotatable bonds is 6. The number of aryl methyl sites for hydroxylation is 1. The molecule has 6 nitrogen and oxygen atoms in total. The summed E-state index contributed by atoms with van der Waals surface area (Å²) in [5.41, 5.74) is 1.69. The summed E-state index contributed by atoms with van der Waals surface area (Å²) in [6.45, 7) is 10.7. The molecule has 1 saturated heterocycles. The van der Waals surface area contributed by atoms with Gasteiger partial charge >= 0.3 is 0 Å². The fourth-order valence-electron chi connectivity index (χ4n) is 4.14. The number of nitrogens with zero attached hydrogens (tertiary/aromatic N) is 3. The number of nitrogens with two attached hydrogens (primary N) is 1. The van der Waals surface area contributed by atoms with E-state index in [1.807, 2.05) is 6.07 Å².